The van der Waals surface area contributed by atoms with Crippen molar-refractivity contribution < 1.29 is 9.67 Å². The summed E-state index contributed by atoms with van der Waals surface area (Å²) in [5.74, 6) is 0. The van der Waals surface area contributed by atoms with E-state index < -0.39 is 0 Å². The van der Waals surface area contributed by atoms with E-state index in [9.17, 15) is 0 Å². The molecule has 0 aliphatic carbocycles. The van der Waals surface area contributed by atoms with Crippen molar-refractivity contribution in [3.05, 3.63) is 36.2 Å². The largest absolute Gasteiger partial charge is 0.389 e. The summed E-state index contributed by atoms with van der Waals surface area (Å²) in [5, 5.41) is 8.98. The number of aliphatic hydroxyl groups excluding tert-OH is 1. The number of hydrogen-bond acceptors (Lipinski definition) is 1. The van der Waals surface area contributed by atoms with Gasteiger partial charge in [0, 0.05) is 12.1 Å². The molecule has 0 aromatic carbocycles. The van der Waals surface area contributed by atoms with Crippen LogP contribution in [0.5, 0.6) is 0 Å². The number of aliphatic hydroxyl groups is 1. The molecule has 0 bridgehead atoms. The molecule has 1 rings (SSSR count). The van der Waals surface area contributed by atoms with Crippen LogP contribution in [0, 0.1) is 0 Å². The molecule has 1 atom stereocenters. The van der Waals surface area contributed by atoms with Gasteiger partial charge in [-0.05, 0) is 12.5 Å². The first-order valence-corrected chi connectivity index (χ1v) is 4.00. The van der Waals surface area contributed by atoms with Crippen LogP contribution in [-0.2, 0) is 7.05 Å². The second-order valence-electron chi connectivity index (χ2n) is 2.90. The molecular weight excluding hydrogens is 150 g/mol. The summed E-state index contributed by atoms with van der Waals surface area (Å²) in [7, 11) is 1.97. The van der Waals surface area contributed by atoms with Gasteiger partial charge in [-0.2, -0.15) is 0 Å². The van der Waals surface area contributed by atoms with Crippen molar-refractivity contribution in [2.45, 2.75) is 13.0 Å². The van der Waals surface area contributed by atoms with Crippen LogP contribution in [-0.4, -0.2) is 11.2 Å². The van der Waals surface area contributed by atoms with Gasteiger partial charge in [-0.25, -0.2) is 4.57 Å². The van der Waals surface area contributed by atoms with E-state index in [1.807, 2.05) is 42.2 Å². The van der Waals surface area contributed by atoms with Gasteiger partial charge in [0.2, 0.25) is 0 Å². The normalized spacial score (nSPS) is 13.6. The highest BCUT2D eigenvalue weighted by Gasteiger charge is 1.91. The second-order valence-corrected chi connectivity index (χ2v) is 2.90. The lowest BCUT2D eigenvalue weighted by molar-refractivity contribution is -0.671. The lowest BCUT2D eigenvalue weighted by Gasteiger charge is -1.93. The summed E-state index contributed by atoms with van der Waals surface area (Å²) in [4.78, 5) is 0. The molecule has 2 heteroatoms. The van der Waals surface area contributed by atoms with Crippen LogP contribution in [0.15, 0.2) is 30.6 Å². The molecule has 2 nitrogen and oxygen atoms in total. The number of nitrogens with zero attached hydrogens (tertiary/aromatic N) is 1. The van der Waals surface area contributed by atoms with Gasteiger partial charge >= 0.3 is 0 Å². The van der Waals surface area contributed by atoms with Crippen LogP contribution in [0.2, 0.25) is 0 Å². The van der Waals surface area contributed by atoms with Gasteiger partial charge in [0.1, 0.15) is 7.05 Å². The van der Waals surface area contributed by atoms with Crippen molar-refractivity contribution in [1.82, 2.24) is 0 Å². The Morgan fingerprint density at radius 3 is 2.50 bits per heavy atom. The number of aryl methyl sites for hydroxylation is 1. The van der Waals surface area contributed by atoms with E-state index in [4.69, 9.17) is 5.11 Å². The van der Waals surface area contributed by atoms with Crippen molar-refractivity contribution in [3.63, 3.8) is 0 Å². The lowest BCUT2D eigenvalue weighted by atomic mass is 10.2. The molecule has 1 heterocycles. The number of aromatic nitrogens is 1. The van der Waals surface area contributed by atoms with E-state index in [1.54, 1.807) is 13.0 Å². The minimum atomic E-state index is -0.376. The second kappa shape index (κ2) is 4.02. The number of rotatable bonds is 2. The highest BCUT2D eigenvalue weighted by molar-refractivity contribution is 5.47. The van der Waals surface area contributed by atoms with Crippen LogP contribution in [0.4, 0.5) is 0 Å². The minimum absolute atomic E-state index is 0.376. The molecule has 1 aromatic rings. The average molecular weight is 164 g/mol. The third kappa shape index (κ3) is 2.84. The topological polar surface area (TPSA) is 24.1 Å². The highest BCUT2D eigenvalue weighted by atomic mass is 16.3. The SMILES string of the molecule is C[C@H](O)/C=C\c1cc[n+](C)cc1. The molecule has 1 aromatic heterocycles. The summed E-state index contributed by atoms with van der Waals surface area (Å²) in [5.41, 5.74) is 1.11. The molecule has 64 valence electrons. The molecule has 0 saturated carbocycles. The zero-order valence-electron chi connectivity index (χ0n) is 7.44. The van der Waals surface area contributed by atoms with Gasteiger partial charge in [-0.1, -0.05) is 12.2 Å². The van der Waals surface area contributed by atoms with E-state index in [0.29, 0.717) is 0 Å². The Morgan fingerprint density at radius 2 is 2.00 bits per heavy atom. The van der Waals surface area contributed by atoms with Crippen LogP contribution in [0.1, 0.15) is 12.5 Å². The van der Waals surface area contributed by atoms with Gasteiger partial charge in [0.25, 0.3) is 0 Å². The zero-order valence-corrected chi connectivity index (χ0v) is 7.44. The van der Waals surface area contributed by atoms with Crippen molar-refractivity contribution in [1.29, 1.82) is 0 Å². The predicted molar refractivity (Wildman–Crippen MR) is 48.3 cm³/mol. The van der Waals surface area contributed by atoms with Crippen LogP contribution in [0.3, 0.4) is 0 Å². The standard InChI is InChI=1S/C10H14NO/c1-9(12)3-4-10-5-7-11(2)8-6-10/h3-9,12H,1-2H3/q+1/b4-3-/t9-/m0/s1. The fourth-order valence-electron chi connectivity index (χ4n) is 0.874. The van der Waals surface area contributed by atoms with Crippen molar-refractivity contribution in [3.8, 4) is 0 Å². The predicted octanol–water partition coefficient (Wildman–Crippen LogP) is 0.905. The Kier molecular flexibility index (Phi) is 3.00. The molecule has 1 N–H and O–H groups in total. The Hall–Kier alpha value is -1.15. The van der Waals surface area contributed by atoms with E-state index >= 15 is 0 Å². The molecule has 0 aliphatic rings. The Morgan fingerprint density at radius 1 is 1.42 bits per heavy atom. The third-order valence-electron chi connectivity index (χ3n) is 1.57. The van der Waals surface area contributed by atoms with Gasteiger partial charge in [0.05, 0.1) is 6.10 Å². The maximum absolute atomic E-state index is 8.98. The minimum Gasteiger partial charge on any atom is -0.389 e. The van der Waals surface area contributed by atoms with Crippen LogP contribution in [0.25, 0.3) is 6.08 Å². The Bertz CT molecular complexity index is 262. The van der Waals surface area contributed by atoms with Gasteiger partial charge < -0.3 is 5.11 Å². The Balaban J connectivity index is 2.71. The van der Waals surface area contributed by atoms with E-state index in [2.05, 4.69) is 0 Å². The lowest BCUT2D eigenvalue weighted by Crippen LogP contribution is -2.25. The molecule has 0 radical (unpaired) electrons. The smallest absolute Gasteiger partial charge is 0.169 e. The van der Waals surface area contributed by atoms with Crippen LogP contribution < -0.4 is 4.57 Å². The molecular formula is C10H14NO+. The Labute approximate surface area is 72.8 Å². The highest BCUT2D eigenvalue weighted by Crippen LogP contribution is 1.98. The first-order chi connectivity index (χ1) is 5.68. The summed E-state index contributed by atoms with van der Waals surface area (Å²) < 4.78 is 1.97. The van der Waals surface area contributed by atoms with Crippen molar-refractivity contribution in [2.75, 3.05) is 0 Å². The maximum Gasteiger partial charge on any atom is 0.169 e. The van der Waals surface area contributed by atoms with Crippen LogP contribution >= 0.6 is 0 Å². The quantitative estimate of drug-likeness (QED) is 0.645. The third-order valence-corrected chi connectivity index (χ3v) is 1.57. The van der Waals surface area contributed by atoms with E-state index in [-0.39, 0.29) is 6.10 Å². The number of pyridine rings is 1. The number of hydrogen-bond donors (Lipinski definition) is 1. The zero-order chi connectivity index (χ0) is 8.97. The van der Waals surface area contributed by atoms with Crippen molar-refractivity contribution >= 4 is 6.08 Å². The summed E-state index contributed by atoms with van der Waals surface area (Å²) >= 11 is 0. The van der Waals surface area contributed by atoms with Gasteiger partial charge in [0.15, 0.2) is 12.4 Å². The molecule has 0 aliphatic heterocycles. The summed E-state index contributed by atoms with van der Waals surface area (Å²) in [6.45, 7) is 1.74. The first-order valence-electron chi connectivity index (χ1n) is 4.00. The first kappa shape index (κ1) is 8.94. The van der Waals surface area contributed by atoms with Crippen molar-refractivity contribution in [2.24, 2.45) is 7.05 Å². The molecule has 0 amide bonds. The average Bonchev–Trinajstić information content (AvgIpc) is 2.03. The van der Waals surface area contributed by atoms with E-state index in [0.717, 1.165) is 5.56 Å². The molecule has 0 spiro atoms. The molecule has 12 heavy (non-hydrogen) atoms. The monoisotopic (exact) mass is 164 g/mol. The molecule has 0 fully saturated rings. The van der Waals surface area contributed by atoms with Gasteiger partial charge in [-0.3, -0.25) is 0 Å². The summed E-state index contributed by atoms with van der Waals surface area (Å²) in [6.07, 6.45) is 7.24. The van der Waals surface area contributed by atoms with Gasteiger partial charge in [-0.15, -0.1) is 0 Å². The fourth-order valence-corrected chi connectivity index (χ4v) is 0.874. The van der Waals surface area contributed by atoms with E-state index in [1.165, 1.54) is 0 Å². The fraction of sp³-hybridized carbons (Fsp3) is 0.300. The summed E-state index contributed by atoms with van der Waals surface area (Å²) in [6, 6.07) is 4.00. The molecule has 0 saturated heterocycles. The molecule has 0 unspecified atom stereocenters. The maximum atomic E-state index is 8.98.